The lowest BCUT2D eigenvalue weighted by atomic mass is 10.1. The topological polar surface area (TPSA) is 73.0 Å². The third-order valence-corrected chi connectivity index (χ3v) is 4.80. The van der Waals surface area contributed by atoms with Crippen molar-refractivity contribution in [3.05, 3.63) is 29.6 Å². The van der Waals surface area contributed by atoms with Gasteiger partial charge in [-0.2, -0.15) is 0 Å². The van der Waals surface area contributed by atoms with Crippen molar-refractivity contribution in [1.82, 2.24) is 15.1 Å². The number of nitrogens with zero attached hydrogens (tertiary/aromatic N) is 3. The van der Waals surface area contributed by atoms with Crippen LogP contribution in [-0.2, 0) is 9.59 Å². The highest BCUT2D eigenvalue weighted by molar-refractivity contribution is 5.94. The van der Waals surface area contributed by atoms with Gasteiger partial charge in [-0.15, -0.1) is 0 Å². The second-order valence-corrected chi connectivity index (χ2v) is 7.09. The van der Waals surface area contributed by atoms with Crippen molar-refractivity contribution < 1.29 is 18.8 Å². The first-order valence-corrected chi connectivity index (χ1v) is 9.60. The van der Waals surface area contributed by atoms with Gasteiger partial charge < -0.3 is 15.1 Å². The van der Waals surface area contributed by atoms with Gasteiger partial charge in [0, 0.05) is 45.3 Å². The molecule has 0 spiro atoms. The van der Waals surface area contributed by atoms with Crippen molar-refractivity contribution in [2.45, 2.75) is 20.3 Å². The molecule has 7 nitrogen and oxygen atoms in total. The summed E-state index contributed by atoms with van der Waals surface area (Å²) in [7, 11) is 1.62. The quantitative estimate of drug-likeness (QED) is 0.672. The summed E-state index contributed by atoms with van der Waals surface area (Å²) in [4.78, 5) is 40.8. The molecule has 1 saturated heterocycles. The van der Waals surface area contributed by atoms with Crippen LogP contribution in [0.2, 0.25) is 0 Å². The maximum Gasteiger partial charge on any atom is 0.239 e. The van der Waals surface area contributed by atoms with E-state index in [1.807, 2.05) is 16.7 Å². The molecule has 0 atom stereocenters. The van der Waals surface area contributed by atoms with Gasteiger partial charge in [-0.1, -0.05) is 6.92 Å². The van der Waals surface area contributed by atoms with Gasteiger partial charge in [-0.25, -0.2) is 4.39 Å². The van der Waals surface area contributed by atoms with Gasteiger partial charge >= 0.3 is 0 Å². The number of amides is 2. The zero-order valence-electron chi connectivity index (χ0n) is 16.8. The molecule has 1 fully saturated rings. The fourth-order valence-corrected chi connectivity index (χ4v) is 3.07. The highest BCUT2D eigenvalue weighted by Gasteiger charge is 2.23. The molecule has 154 valence electrons. The van der Waals surface area contributed by atoms with Gasteiger partial charge in [0.05, 0.1) is 18.8 Å². The van der Waals surface area contributed by atoms with Gasteiger partial charge in [0.15, 0.2) is 5.78 Å². The molecule has 1 aliphatic rings. The summed E-state index contributed by atoms with van der Waals surface area (Å²) in [6.45, 7) is 6.68. The average molecular weight is 392 g/mol. The largest absolute Gasteiger partial charge is 0.367 e. The second kappa shape index (κ2) is 10.2. The summed E-state index contributed by atoms with van der Waals surface area (Å²) < 4.78 is 14.3. The Balaban J connectivity index is 1.82. The molecular formula is C20H29FN4O3. The van der Waals surface area contributed by atoms with Crippen molar-refractivity contribution in [2.24, 2.45) is 0 Å². The van der Waals surface area contributed by atoms with Crippen LogP contribution in [0.3, 0.4) is 0 Å². The van der Waals surface area contributed by atoms with Gasteiger partial charge in [-0.05, 0) is 31.5 Å². The van der Waals surface area contributed by atoms with Crippen LogP contribution >= 0.6 is 0 Å². The van der Waals surface area contributed by atoms with Crippen LogP contribution in [0.5, 0.6) is 0 Å². The number of Topliss-reactive ketones (excluding diaryl/α,β-unsaturated/α-hetero) is 1. The number of carbonyl (C=O) groups is 3. The molecule has 0 saturated carbocycles. The van der Waals surface area contributed by atoms with Crippen LogP contribution in [-0.4, -0.2) is 80.3 Å². The third kappa shape index (κ3) is 6.02. The van der Waals surface area contributed by atoms with Crippen LogP contribution in [0.15, 0.2) is 18.2 Å². The van der Waals surface area contributed by atoms with E-state index in [0.717, 1.165) is 6.42 Å². The molecule has 8 heteroatoms. The molecule has 1 heterocycles. The Labute approximate surface area is 165 Å². The Morgan fingerprint density at radius 2 is 1.86 bits per heavy atom. The van der Waals surface area contributed by atoms with Crippen LogP contribution in [0, 0.1) is 5.82 Å². The smallest absolute Gasteiger partial charge is 0.239 e. The number of likely N-dealkylation sites (N-methyl/N-ethyl adjacent to an activating group) is 1. The maximum absolute atomic E-state index is 14.3. The molecule has 0 radical (unpaired) electrons. The zero-order valence-corrected chi connectivity index (χ0v) is 16.8. The van der Waals surface area contributed by atoms with Crippen molar-refractivity contribution in [1.29, 1.82) is 0 Å². The predicted molar refractivity (Wildman–Crippen MR) is 106 cm³/mol. The summed E-state index contributed by atoms with van der Waals surface area (Å²) in [6, 6.07) is 4.54. The number of benzene rings is 1. The van der Waals surface area contributed by atoms with E-state index in [0.29, 0.717) is 44.0 Å². The Morgan fingerprint density at radius 3 is 2.43 bits per heavy atom. The first kappa shape index (κ1) is 21.8. The molecule has 1 aliphatic heterocycles. The SMILES string of the molecule is CCCNC(=O)CN(C)C(=O)CN1CCN(c2ccc(C(C)=O)cc2F)CC1. The van der Waals surface area contributed by atoms with Crippen molar-refractivity contribution >= 4 is 23.3 Å². The molecule has 1 aromatic rings. The van der Waals surface area contributed by atoms with Crippen molar-refractivity contribution in [3.8, 4) is 0 Å². The molecule has 28 heavy (non-hydrogen) atoms. The van der Waals surface area contributed by atoms with E-state index < -0.39 is 5.82 Å². The number of hydrogen-bond acceptors (Lipinski definition) is 5. The Hall–Kier alpha value is -2.48. The minimum absolute atomic E-state index is 0.0481. The lowest BCUT2D eigenvalue weighted by Gasteiger charge is -2.36. The van der Waals surface area contributed by atoms with E-state index >= 15 is 0 Å². The Morgan fingerprint density at radius 1 is 1.18 bits per heavy atom. The molecule has 0 aliphatic carbocycles. The normalized spacial score (nSPS) is 14.6. The fraction of sp³-hybridized carbons (Fsp3) is 0.550. The molecule has 2 amide bonds. The number of rotatable bonds is 8. The molecule has 0 unspecified atom stereocenters. The van der Waals surface area contributed by atoms with Crippen molar-refractivity contribution in [2.75, 3.05) is 57.8 Å². The number of nitrogens with one attached hydrogen (secondary N) is 1. The van der Waals surface area contributed by atoms with Crippen LogP contribution in [0.1, 0.15) is 30.6 Å². The second-order valence-electron chi connectivity index (χ2n) is 7.09. The number of piperazine rings is 1. The number of ketones is 1. The lowest BCUT2D eigenvalue weighted by molar-refractivity contribution is -0.135. The van der Waals surface area contributed by atoms with E-state index in [4.69, 9.17) is 0 Å². The number of halogens is 1. The van der Waals surface area contributed by atoms with Gasteiger partial charge in [-0.3, -0.25) is 19.3 Å². The van der Waals surface area contributed by atoms with Crippen molar-refractivity contribution in [3.63, 3.8) is 0 Å². The highest BCUT2D eigenvalue weighted by atomic mass is 19.1. The minimum Gasteiger partial charge on any atom is -0.367 e. The molecular weight excluding hydrogens is 363 g/mol. The Kier molecular flexibility index (Phi) is 7.92. The molecule has 0 bridgehead atoms. The van der Waals surface area contributed by atoms with E-state index in [1.54, 1.807) is 19.2 Å². The summed E-state index contributed by atoms with van der Waals surface area (Å²) in [5.41, 5.74) is 0.831. The average Bonchev–Trinajstić information content (AvgIpc) is 2.66. The number of carbonyl (C=O) groups excluding carboxylic acids is 3. The van der Waals surface area contributed by atoms with Crippen LogP contribution in [0.25, 0.3) is 0 Å². The summed E-state index contributed by atoms with van der Waals surface area (Å²) in [5.74, 6) is -0.847. The molecule has 1 N–H and O–H groups in total. The molecule has 1 aromatic carbocycles. The van der Waals surface area contributed by atoms with Gasteiger partial charge in [0.2, 0.25) is 11.8 Å². The summed E-state index contributed by atoms with van der Waals surface area (Å²) >= 11 is 0. The monoisotopic (exact) mass is 392 g/mol. The summed E-state index contributed by atoms with van der Waals surface area (Å²) in [6.07, 6.45) is 0.853. The maximum atomic E-state index is 14.3. The van der Waals surface area contributed by atoms with Gasteiger partial charge in [0.25, 0.3) is 0 Å². The highest BCUT2D eigenvalue weighted by Crippen LogP contribution is 2.22. The van der Waals surface area contributed by atoms with Crippen LogP contribution in [0.4, 0.5) is 10.1 Å². The third-order valence-electron chi connectivity index (χ3n) is 4.80. The van der Waals surface area contributed by atoms with E-state index in [9.17, 15) is 18.8 Å². The Bertz CT molecular complexity index is 717. The number of hydrogen-bond donors (Lipinski definition) is 1. The standard InChI is InChI=1S/C20H29FN4O3/c1-4-7-22-19(27)13-23(3)20(28)14-24-8-10-25(11-9-24)18-6-5-16(15(2)26)12-17(18)21/h5-6,12H,4,7-11,13-14H2,1-3H3,(H,22,27). The molecule has 2 rings (SSSR count). The van der Waals surface area contributed by atoms with E-state index in [-0.39, 0.29) is 30.7 Å². The first-order chi connectivity index (χ1) is 13.3. The lowest BCUT2D eigenvalue weighted by Crippen LogP contribution is -2.50. The first-order valence-electron chi connectivity index (χ1n) is 9.60. The summed E-state index contributed by atoms with van der Waals surface area (Å²) in [5, 5.41) is 2.75. The van der Waals surface area contributed by atoms with Gasteiger partial charge in [0.1, 0.15) is 5.82 Å². The van der Waals surface area contributed by atoms with E-state index in [1.165, 1.54) is 17.9 Å². The fourth-order valence-electron chi connectivity index (χ4n) is 3.07. The minimum atomic E-state index is -0.407. The zero-order chi connectivity index (χ0) is 20.7. The predicted octanol–water partition coefficient (Wildman–Crippen LogP) is 1.13. The number of anilines is 1. The van der Waals surface area contributed by atoms with Crippen LogP contribution < -0.4 is 10.2 Å². The van der Waals surface area contributed by atoms with E-state index in [2.05, 4.69) is 5.32 Å². The molecule has 0 aromatic heterocycles.